The monoisotopic (exact) mass is 263 g/mol. The van der Waals surface area contributed by atoms with Crippen LogP contribution in [-0.4, -0.2) is 11.8 Å². The SMILES string of the molecule is Cc1ccc(SC2CC(C)CCC2CN)c(C)c1. The van der Waals surface area contributed by atoms with Gasteiger partial charge in [0.1, 0.15) is 0 Å². The van der Waals surface area contributed by atoms with Gasteiger partial charge in [-0.2, -0.15) is 0 Å². The second-order valence-corrected chi connectivity index (χ2v) is 7.12. The van der Waals surface area contributed by atoms with Gasteiger partial charge in [-0.25, -0.2) is 0 Å². The van der Waals surface area contributed by atoms with Gasteiger partial charge in [0.15, 0.2) is 0 Å². The van der Waals surface area contributed by atoms with Crippen LogP contribution in [0.15, 0.2) is 23.1 Å². The average molecular weight is 263 g/mol. The van der Waals surface area contributed by atoms with Crippen LogP contribution in [0.1, 0.15) is 37.3 Å². The Kier molecular flexibility index (Phi) is 4.74. The molecule has 3 unspecified atom stereocenters. The third-order valence-electron chi connectivity index (χ3n) is 4.10. The van der Waals surface area contributed by atoms with Gasteiger partial charge < -0.3 is 5.73 Å². The van der Waals surface area contributed by atoms with Crippen LogP contribution in [0, 0.1) is 25.7 Å². The van der Waals surface area contributed by atoms with E-state index in [1.54, 1.807) is 0 Å². The first-order chi connectivity index (χ1) is 8.60. The Morgan fingerprint density at radius 1 is 1.28 bits per heavy atom. The molecule has 0 aromatic heterocycles. The zero-order valence-corrected chi connectivity index (χ0v) is 12.6. The van der Waals surface area contributed by atoms with E-state index in [1.807, 2.05) is 0 Å². The average Bonchev–Trinajstić information content (AvgIpc) is 2.33. The van der Waals surface area contributed by atoms with E-state index in [0.717, 1.165) is 12.5 Å². The van der Waals surface area contributed by atoms with E-state index in [-0.39, 0.29) is 0 Å². The van der Waals surface area contributed by atoms with Crippen molar-refractivity contribution in [3.05, 3.63) is 29.3 Å². The smallest absolute Gasteiger partial charge is 0.0137 e. The van der Waals surface area contributed by atoms with Crippen LogP contribution in [0.2, 0.25) is 0 Å². The third-order valence-corrected chi connectivity index (χ3v) is 5.69. The van der Waals surface area contributed by atoms with Crippen LogP contribution in [0.25, 0.3) is 0 Å². The number of benzene rings is 1. The van der Waals surface area contributed by atoms with Crippen molar-refractivity contribution in [1.29, 1.82) is 0 Å². The van der Waals surface area contributed by atoms with E-state index in [0.29, 0.717) is 11.2 Å². The molecule has 100 valence electrons. The number of hydrogen-bond acceptors (Lipinski definition) is 2. The lowest BCUT2D eigenvalue weighted by molar-refractivity contribution is 0.306. The van der Waals surface area contributed by atoms with Crippen LogP contribution < -0.4 is 5.73 Å². The normalized spacial score (nSPS) is 28.3. The van der Waals surface area contributed by atoms with Gasteiger partial charge in [-0.3, -0.25) is 0 Å². The fraction of sp³-hybridized carbons (Fsp3) is 0.625. The summed E-state index contributed by atoms with van der Waals surface area (Å²) in [5.41, 5.74) is 8.70. The van der Waals surface area contributed by atoms with Gasteiger partial charge in [-0.05, 0) is 56.7 Å². The zero-order valence-electron chi connectivity index (χ0n) is 11.8. The summed E-state index contributed by atoms with van der Waals surface area (Å²) in [4.78, 5) is 1.44. The van der Waals surface area contributed by atoms with Gasteiger partial charge in [0, 0.05) is 10.1 Å². The summed E-state index contributed by atoms with van der Waals surface area (Å²) in [5.74, 6) is 1.56. The second-order valence-electron chi connectivity index (χ2n) is 5.84. The number of rotatable bonds is 3. The summed E-state index contributed by atoms with van der Waals surface area (Å²) in [6, 6.07) is 6.78. The molecule has 1 nitrogen and oxygen atoms in total. The maximum atomic E-state index is 5.94. The summed E-state index contributed by atoms with van der Waals surface area (Å²) < 4.78 is 0. The molecular formula is C16H25NS. The predicted octanol–water partition coefficient (Wildman–Crippen LogP) is 4.16. The lowest BCUT2D eigenvalue weighted by atomic mass is 9.82. The van der Waals surface area contributed by atoms with E-state index in [9.17, 15) is 0 Å². The molecule has 2 heteroatoms. The molecule has 1 aliphatic rings. The first kappa shape index (κ1) is 14.0. The van der Waals surface area contributed by atoms with E-state index < -0.39 is 0 Å². The number of hydrogen-bond donors (Lipinski definition) is 1. The fourth-order valence-electron chi connectivity index (χ4n) is 2.90. The number of nitrogens with two attached hydrogens (primary N) is 1. The molecule has 3 atom stereocenters. The molecule has 1 aliphatic carbocycles. The molecule has 1 saturated carbocycles. The quantitative estimate of drug-likeness (QED) is 0.886. The molecule has 18 heavy (non-hydrogen) atoms. The Balaban J connectivity index is 2.10. The van der Waals surface area contributed by atoms with E-state index in [4.69, 9.17) is 5.73 Å². The lowest BCUT2D eigenvalue weighted by Crippen LogP contribution is -2.31. The van der Waals surface area contributed by atoms with Gasteiger partial charge in [-0.15, -0.1) is 11.8 Å². The fourth-order valence-corrected chi connectivity index (χ4v) is 4.48. The Morgan fingerprint density at radius 2 is 2.06 bits per heavy atom. The van der Waals surface area contributed by atoms with Gasteiger partial charge >= 0.3 is 0 Å². The minimum Gasteiger partial charge on any atom is -0.330 e. The van der Waals surface area contributed by atoms with Gasteiger partial charge in [0.05, 0.1) is 0 Å². The molecule has 0 heterocycles. The van der Waals surface area contributed by atoms with Crippen LogP contribution >= 0.6 is 11.8 Å². The van der Waals surface area contributed by atoms with Crippen molar-refractivity contribution in [3.8, 4) is 0 Å². The van der Waals surface area contributed by atoms with Gasteiger partial charge in [0.2, 0.25) is 0 Å². The Labute approximate surface area is 116 Å². The van der Waals surface area contributed by atoms with Gasteiger partial charge in [0.25, 0.3) is 0 Å². The standard InChI is InChI=1S/C16H25NS/c1-11-5-7-15(13(3)8-11)18-16-9-12(2)4-6-14(16)10-17/h5,7-8,12,14,16H,4,6,9-10,17H2,1-3H3. The second kappa shape index (κ2) is 6.12. The molecule has 2 N–H and O–H groups in total. The predicted molar refractivity (Wildman–Crippen MR) is 81.1 cm³/mol. The van der Waals surface area contributed by atoms with Crippen LogP contribution in [0.3, 0.4) is 0 Å². The molecule has 0 amide bonds. The van der Waals surface area contributed by atoms with Crippen molar-refractivity contribution >= 4 is 11.8 Å². The van der Waals surface area contributed by atoms with Crippen molar-refractivity contribution < 1.29 is 0 Å². The first-order valence-electron chi connectivity index (χ1n) is 7.04. The summed E-state index contributed by atoms with van der Waals surface area (Å²) in [5, 5.41) is 0.708. The molecule has 0 aliphatic heterocycles. The highest BCUT2D eigenvalue weighted by molar-refractivity contribution is 8.00. The molecule has 0 spiro atoms. The molecule has 0 saturated heterocycles. The van der Waals surface area contributed by atoms with Crippen molar-refractivity contribution in [2.45, 2.75) is 50.2 Å². The maximum absolute atomic E-state index is 5.94. The summed E-state index contributed by atoms with van der Waals surface area (Å²) >= 11 is 2.06. The Morgan fingerprint density at radius 3 is 2.72 bits per heavy atom. The maximum Gasteiger partial charge on any atom is 0.0137 e. The summed E-state index contributed by atoms with van der Waals surface area (Å²) in [7, 11) is 0. The van der Waals surface area contributed by atoms with E-state index >= 15 is 0 Å². The summed E-state index contributed by atoms with van der Waals surface area (Å²) in [6.45, 7) is 7.60. The highest BCUT2D eigenvalue weighted by Gasteiger charge is 2.28. The molecular weight excluding hydrogens is 238 g/mol. The van der Waals surface area contributed by atoms with Gasteiger partial charge in [-0.1, -0.05) is 31.0 Å². The molecule has 1 aromatic carbocycles. The van der Waals surface area contributed by atoms with E-state index in [1.165, 1.54) is 35.3 Å². The molecule has 1 fully saturated rings. The Bertz CT molecular complexity index is 402. The van der Waals surface area contributed by atoms with Crippen molar-refractivity contribution in [1.82, 2.24) is 0 Å². The first-order valence-corrected chi connectivity index (χ1v) is 7.92. The third kappa shape index (κ3) is 3.30. The Hall–Kier alpha value is -0.470. The highest BCUT2D eigenvalue weighted by Crippen LogP contribution is 2.40. The highest BCUT2D eigenvalue weighted by atomic mass is 32.2. The van der Waals surface area contributed by atoms with Crippen molar-refractivity contribution in [2.24, 2.45) is 17.6 Å². The number of thioether (sulfide) groups is 1. The minimum atomic E-state index is 0.701. The topological polar surface area (TPSA) is 26.0 Å². The summed E-state index contributed by atoms with van der Waals surface area (Å²) in [6.07, 6.45) is 3.98. The van der Waals surface area contributed by atoms with E-state index in [2.05, 4.69) is 50.7 Å². The van der Waals surface area contributed by atoms with Crippen molar-refractivity contribution in [2.75, 3.05) is 6.54 Å². The van der Waals surface area contributed by atoms with Crippen LogP contribution in [-0.2, 0) is 0 Å². The lowest BCUT2D eigenvalue weighted by Gasteiger charge is -2.34. The molecule has 2 rings (SSSR count). The largest absolute Gasteiger partial charge is 0.330 e. The zero-order chi connectivity index (χ0) is 13.1. The molecule has 1 aromatic rings. The molecule has 0 radical (unpaired) electrons. The number of aryl methyl sites for hydroxylation is 2. The van der Waals surface area contributed by atoms with Crippen LogP contribution in [0.5, 0.6) is 0 Å². The molecule has 0 bridgehead atoms. The minimum absolute atomic E-state index is 0.701. The van der Waals surface area contributed by atoms with Crippen LogP contribution in [0.4, 0.5) is 0 Å². The van der Waals surface area contributed by atoms with Crippen molar-refractivity contribution in [3.63, 3.8) is 0 Å².